The molecule has 0 fully saturated rings. The fraction of sp³-hybridized carbons (Fsp3) is 0.188. The van der Waals surface area contributed by atoms with Gasteiger partial charge >= 0.3 is 0 Å². The highest BCUT2D eigenvalue weighted by molar-refractivity contribution is 6.05. The van der Waals surface area contributed by atoms with Crippen molar-refractivity contribution in [3.05, 3.63) is 53.1 Å². The normalized spacial score (nSPS) is 12.3. The van der Waals surface area contributed by atoms with Gasteiger partial charge in [-0.1, -0.05) is 12.1 Å². The van der Waals surface area contributed by atoms with Gasteiger partial charge in [-0.15, -0.1) is 0 Å². The lowest BCUT2D eigenvalue weighted by Gasteiger charge is -2.10. The molecule has 0 radical (unpaired) electrons. The lowest BCUT2D eigenvalue weighted by Crippen LogP contribution is -2.13. The molecular weight excluding hydrogens is 268 g/mol. The van der Waals surface area contributed by atoms with Crippen LogP contribution in [0.4, 0.5) is 5.69 Å². The van der Waals surface area contributed by atoms with Crippen LogP contribution >= 0.6 is 0 Å². The molecule has 1 aliphatic rings. The molecule has 3 rings (SSSR count). The fourth-order valence-corrected chi connectivity index (χ4v) is 2.16. The van der Waals surface area contributed by atoms with Crippen molar-refractivity contribution in [2.45, 2.75) is 13.5 Å². The lowest BCUT2D eigenvalue weighted by atomic mass is 10.1. The van der Waals surface area contributed by atoms with Gasteiger partial charge in [-0.2, -0.15) is 0 Å². The van der Waals surface area contributed by atoms with Crippen LogP contribution in [0, 0.1) is 6.92 Å². The molecule has 0 unspecified atom stereocenters. The molecule has 3 N–H and O–H groups in total. The number of aryl methyl sites for hydroxylation is 1. The standard InChI is InChI=1S/C16H16N2O3/c1-10-2-3-11(8-17)6-13(10)18-16(19)12-4-5-14-15(7-12)21-9-20-14/h2-7H,8-9,17H2,1H3,(H,18,19). The van der Waals surface area contributed by atoms with Crippen molar-refractivity contribution in [1.82, 2.24) is 0 Å². The predicted molar refractivity (Wildman–Crippen MR) is 79.6 cm³/mol. The van der Waals surface area contributed by atoms with Crippen molar-refractivity contribution in [3.63, 3.8) is 0 Å². The number of fused-ring (bicyclic) bond motifs is 1. The van der Waals surface area contributed by atoms with E-state index < -0.39 is 0 Å². The van der Waals surface area contributed by atoms with Gasteiger partial charge in [0, 0.05) is 17.8 Å². The van der Waals surface area contributed by atoms with Gasteiger partial charge in [0.1, 0.15) is 0 Å². The molecule has 21 heavy (non-hydrogen) atoms. The third-order valence-electron chi connectivity index (χ3n) is 3.42. The highest BCUT2D eigenvalue weighted by Gasteiger charge is 2.16. The summed E-state index contributed by atoms with van der Waals surface area (Å²) >= 11 is 0. The molecule has 5 heteroatoms. The van der Waals surface area contributed by atoms with Crippen molar-refractivity contribution in [2.75, 3.05) is 12.1 Å². The minimum absolute atomic E-state index is 0.189. The number of hydrogen-bond acceptors (Lipinski definition) is 4. The van der Waals surface area contributed by atoms with Gasteiger partial charge in [-0.3, -0.25) is 4.79 Å². The summed E-state index contributed by atoms with van der Waals surface area (Å²) in [5.41, 5.74) is 8.88. The lowest BCUT2D eigenvalue weighted by molar-refractivity contribution is 0.102. The highest BCUT2D eigenvalue weighted by Crippen LogP contribution is 2.32. The van der Waals surface area contributed by atoms with Crippen LogP contribution in [0.1, 0.15) is 21.5 Å². The summed E-state index contributed by atoms with van der Waals surface area (Å²) < 4.78 is 10.5. The molecule has 2 aromatic carbocycles. The number of rotatable bonds is 3. The van der Waals surface area contributed by atoms with E-state index in [9.17, 15) is 4.79 Å². The van der Waals surface area contributed by atoms with Crippen LogP contribution in [-0.4, -0.2) is 12.7 Å². The largest absolute Gasteiger partial charge is 0.454 e. The number of carbonyl (C=O) groups is 1. The maximum Gasteiger partial charge on any atom is 0.255 e. The summed E-state index contributed by atoms with van der Waals surface area (Å²) in [5, 5.41) is 2.90. The molecule has 108 valence electrons. The number of benzene rings is 2. The Bertz CT molecular complexity index is 698. The molecule has 1 aliphatic heterocycles. The first-order chi connectivity index (χ1) is 10.2. The number of nitrogens with two attached hydrogens (primary N) is 1. The van der Waals surface area contributed by atoms with E-state index in [4.69, 9.17) is 15.2 Å². The zero-order valence-electron chi connectivity index (χ0n) is 11.7. The van der Waals surface area contributed by atoms with E-state index in [-0.39, 0.29) is 12.7 Å². The third kappa shape index (κ3) is 2.68. The van der Waals surface area contributed by atoms with Crippen LogP contribution in [0.25, 0.3) is 0 Å². The zero-order valence-corrected chi connectivity index (χ0v) is 11.7. The molecule has 1 amide bonds. The molecule has 0 aliphatic carbocycles. The van der Waals surface area contributed by atoms with Crippen molar-refractivity contribution in [1.29, 1.82) is 0 Å². The third-order valence-corrected chi connectivity index (χ3v) is 3.42. The molecule has 1 heterocycles. The average molecular weight is 284 g/mol. The van der Waals surface area contributed by atoms with E-state index in [0.717, 1.165) is 16.8 Å². The summed E-state index contributed by atoms with van der Waals surface area (Å²) in [5.74, 6) is 1.06. The van der Waals surface area contributed by atoms with Crippen LogP contribution in [-0.2, 0) is 6.54 Å². The van der Waals surface area contributed by atoms with E-state index in [1.807, 2.05) is 25.1 Å². The number of anilines is 1. The van der Waals surface area contributed by atoms with Crippen LogP contribution in [0.3, 0.4) is 0 Å². The minimum atomic E-state index is -0.189. The zero-order chi connectivity index (χ0) is 14.8. The number of hydrogen-bond donors (Lipinski definition) is 2. The first kappa shape index (κ1) is 13.5. The van der Waals surface area contributed by atoms with Gasteiger partial charge in [0.15, 0.2) is 11.5 Å². The second-order valence-corrected chi connectivity index (χ2v) is 4.88. The van der Waals surface area contributed by atoms with Crippen molar-refractivity contribution >= 4 is 11.6 Å². The van der Waals surface area contributed by atoms with E-state index in [1.54, 1.807) is 18.2 Å². The molecular formula is C16H16N2O3. The van der Waals surface area contributed by atoms with E-state index >= 15 is 0 Å². The van der Waals surface area contributed by atoms with E-state index in [1.165, 1.54) is 0 Å². The molecule has 2 aromatic rings. The van der Waals surface area contributed by atoms with Gasteiger partial charge in [0.05, 0.1) is 0 Å². The number of nitrogens with one attached hydrogen (secondary N) is 1. The Labute approximate surface area is 122 Å². The van der Waals surface area contributed by atoms with Gasteiger partial charge < -0.3 is 20.5 Å². The Kier molecular flexibility index (Phi) is 3.50. The van der Waals surface area contributed by atoms with Gasteiger partial charge in [0.25, 0.3) is 5.91 Å². The first-order valence-electron chi connectivity index (χ1n) is 6.68. The Morgan fingerprint density at radius 2 is 2.00 bits per heavy atom. The van der Waals surface area contributed by atoms with Gasteiger partial charge in [-0.25, -0.2) is 0 Å². The molecule has 5 nitrogen and oxygen atoms in total. The Morgan fingerprint density at radius 1 is 1.19 bits per heavy atom. The maximum atomic E-state index is 12.3. The van der Waals surface area contributed by atoms with Crippen LogP contribution < -0.4 is 20.5 Å². The molecule has 0 saturated carbocycles. The SMILES string of the molecule is Cc1ccc(CN)cc1NC(=O)c1ccc2c(c1)OCO2. The van der Waals surface area contributed by atoms with E-state index in [0.29, 0.717) is 23.6 Å². The summed E-state index contributed by atoms with van der Waals surface area (Å²) in [7, 11) is 0. The minimum Gasteiger partial charge on any atom is -0.454 e. The topological polar surface area (TPSA) is 73.6 Å². The fourth-order valence-electron chi connectivity index (χ4n) is 2.16. The average Bonchev–Trinajstić information content (AvgIpc) is 2.96. The maximum absolute atomic E-state index is 12.3. The Hall–Kier alpha value is -2.53. The molecule has 0 atom stereocenters. The summed E-state index contributed by atoms with van der Waals surface area (Å²) in [6.07, 6.45) is 0. The predicted octanol–water partition coefficient (Wildman–Crippen LogP) is 2.43. The molecule has 0 saturated heterocycles. The van der Waals surface area contributed by atoms with Crippen molar-refractivity contribution in [3.8, 4) is 11.5 Å². The highest BCUT2D eigenvalue weighted by atomic mass is 16.7. The number of amides is 1. The smallest absolute Gasteiger partial charge is 0.255 e. The van der Waals surface area contributed by atoms with Crippen molar-refractivity contribution in [2.24, 2.45) is 5.73 Å². The van der Waals surface area contributed by atoms with Gasteiger partial charge in [0.2, 0.25) is 6.79 Å². The number of ether oxygens (including phenoxy) is 2. The quantitative estimate of drug-likeness (QED) is 0.908. The summed E-state index contributed by atoms with van der Waals surface area (Å²) in [4.78, 5) is 12.3. The number of carbonyl (C=O) groups excluding carboxylic acids is 1. The second kappa shape index (κ2) is 5.46. The van der Waals surface area contributed by atoms with Gasteiger partial charge in [-0.05, 0) is 42.3 Å². The van der Waals surface area contributed by atoms with Crippen LogP contribution in [0.2, 0.25) is 0 Å². The van der Waals surface area contributed by atoms with Crippen LogP contribution in [0.5, 0.6) is 11.5 Å². The second-order valence-electron chi connectivity index (χ2n) is 4.88. The molecule has 0 aromatic heterocycles. The van der Waals surface area contributed by atoms with Crippen LogP contribution in [0.15, 0.2) is 36.4 Å². The first-order valence-corrected chi connectivity index (χ1v) is 6.68. The monoisotopic (exact) mass is 284 g/mol. The summed E-state index contributed by atoms with van der Waals surface area (Å²) in [6.45, 7) is 2.57. The Balaban J connectivity index is 1.83. The molecule has 0 bridgehead atoms. The summed E-state index contributed by atoms with van der Waals surface area (Å²) in [6, 6.07) is 10.9. The van der Waals surface area contributed by atoms with Crippen molar-refractivity contribution < 1.29 is 14.3 Å². The molecule has 0 spiro atoms. The van der Waals surface area contributed by atoms with E-state index in [2.05, 4.69) is 5.32 Å². The Morgan fingerprint density at radius 3 is 2.81 bits per heavy atom.